The highest BCUT2D eigenvalue weighted by molar-refractivity contribution is 5.86. The van der Waals surface area contributed by atoms with Crippen LogP contribution in [0.1, 0.15) is 62.0 Å². The largest absolute Gasteiger partial charge is 0.361 e. The van der Waals surface area contributed by atoms with Crippen molar-refractivity contribution in [2.24, 2.45) is 5.92 Å². The Labute approximate surface area is 177 Å². The summed E-state index contributed by atoms with van der Waals surface area (Å²) in [5, 5.41) is 0.993. The first-order chi connectivity index (χ1) is 14.7. The summed E-state index contributed by atoms with van der Waals surface area (Å²) in [7, 11) is 0. The fourth-order valence-electron chi connectivity index (χ4n) is 5.73. The van der Waals surface area contributed by atoms with Gasteiger partial charge in [-0.3, -0.25) is 4.79 Å². The first kappa shape index (κ1) is 19.3. The highest BCUT2D eigenvalue weighted by atomic mass is 19.1. The lowest BCUT2D eigenvalue weighted by atomic mass is 9.78. The summed E-state index contributed by atoms with van der Waals surface area (Å²) in [4.78, 5) is 19.0. The highest BCUT2D eigenvalue weighted by Gasteiger charge is 2.36. The molecule has 4 heteroatoms. The van der Waals surface area contributed by atoms with E-state index in [9.17, 15) is 9.18 Å². The van der Waals surface area contributed by atoms with E-state index in [1.165, 1.54) is 37.8 Å². The first-order valence-corrected chi connectivity index (χ1v) is 11.3. The van der Waals surface area contributed by atoms with Crippen LogP contribution in [0.3, 0.4) is 0 Å². The fourth-order valence-corrected chi connectivity index (χ4v) is 5.73. The van der Waals surface area contributed by atoms with Gasteiger partial charge < -0.3 is 9.88 Å². The number of nitrogens with zero attached hydrogens (tertiary/aromatic N) is 1. The SMILES string of the molecule is O=C(CC(c1ccccc1)c1c[nH]c2cc(F)ccc12)N1CCCC2CCCCC21. The summed E-state index contributed by atoms with van der Waals surface area (Å²) in [6.45, 7) is 0.889. The number of carbonyl (C=O) groups excluding carboxylic acids is 1. The lowest BCUT2D eigenvalue weighted by molar-refractivity contribution is -0.137. The number of piperidine rings is 1. The second-order valence-corrected chi connectivity index (χ2v) is 8.94. The molecule has 2 fully saturated rings. The van der Waals surface area contributed by atoms with Crippen molar-refractivity contribution in [2.75, 3.05) is 6.54 Å². The summed E-state index contributed by atoms with van der Waals surface area (Å²) in [5.74, 6) is 0.654. The second kappa shape index (κ2) is 8.25. The summed E-state index contributed by atoms with van der Waals surface area (Å²) in [6, 6.07) is 15.5. The zero-order valence-electron chi connectivity index (χ0n) is 17.3. The van der Waals surface area contributed by atoms with Gasteiger partial charge in [-0.05, 0) is 60.9 Å². The fraction of sp³-hybridized carbons (Fsp3) is 0.423. The van der Waals surface area contributed by atoms with E-state index in [2.05, 4.69) is 22.0 Å². The lowest BCUT2D eigenvalue weighted by Gasteiger charge is -2.44. The molecule has 1 saturated carbocycles. The van der Waals surface area contributed by atoms with E-state index in [1.54, 1.807) is 0 Å². The smallest absolute Gasteiger partial charge is 0.223 e. The number of fused-ring (bicyclic) bond motifs is 2. The van der Waals surface area contributed by atoms with Crippen LogP contribution in [-0.2, 0) is 4.79 Å². The molecule has 156 valence electrons. The van der Waals surface area contributed by atoms with Crippen LogP contribution in [0, 0.1) is 11.7 Å². The number of aromatic nitrogens is 1. The van der Waals surface area contributed by atoms with Gasteiger partial charge in [0.2, 0.25) is 5.91 Å². The van der Waals surface area contributed by atoms with E-state index in [-0.39, 0.29) is 17.6 Å². The standard InChI is InChI=1S/C26H29FN2O/c27-20-12-13-21-23(17-28-24(21)15-20)22(18-7-2-1-3-8-18)16-26(30)29-14-6-10-19-9-4-5-11-25(19)29/h1-3,7-8,12-13,15,17,19,22,25,28H,4-6,9-11,14,16H2. The van der Waals surface area contributed by atoms with Crippen LogP contribution in [0.4, 0.5) is 4.39 Å². The van der Waals surface area contributed by atoms with E-state index in [0.29, 0.717) is 18.4 Å². The third-order valence-corrected chi connectivity index (χ3v) is 7.20. The lowest BCUT2D eigenvalue weighted by Crippen LogP contribution is -2.49. The number of likely N-dealkylation sites (tertiary alicyclic amines) is 1. The van der Waals surface area contributed by atoms with Crippen molar-refractivity contribution in [2.45, 2.75) is 56.9 Å². The summed E-state index contributed by atoms with van der Waals surface area (Å²) < 4.78 is 13.7. The van der Waals surface area contributed by atoms with Crippen molar-refractivity contribution in [3.63, 3.8) is 0 Å². The van der Waals surface area contributed by atoms with Crippen molar-refractivity contribution in [3.8, 4) is 0 Å². The Balaban J connectivity index is 1.47. The summed E-state index contributed by atoms with van der Waals surface area (Å²) in [5.41, 5.74) is 2.98. The number of halogens is 1. The zero-order valence-corrected chi connectivity index (χ0v) is 17.3. The van der Waals surface area contributed by atoms with Crippen LogP contribution in [0.2, 0.25) is 0 Å². The van der Waals surface area contributed by atoms with Crippen molar-refractivity contribution in [1.29, 1.82) is 0 Å². The molecule has 1 N–H and O–H groups in total. The molecular formula is C26H29FN2O. The van der Waals surface area contributed by atoms with Gasteiger partial charge in [0.05, 0.1) is 0 Å². The summed E-state index contributed by atoms with van der Waals surface area (Å²) in [6.07, 6.45) is 9.76. The molecule has 3 atom stereocenters. The maximum atomic E-state index is 13.7. The Morgan fingerprint density at radius 1 is 1.07 bits per heavy atom. The molecule has 3 unspecified atom stereocenters. The van der Waals surface area contributed by atoms with Crippen LogP contribution >= 0.6 is 0 Å². The van der Waals surface area contributed by atoms with E-state index in [4.69, 9.17) is 0 Å². The van der Waals surface area contributed by atoms with Gasteiger partial charge in [-0.25, -0.2) is 4.39 Å². The van der Waals surface area contributed by atoms with E-state index >= 15 is 0 Å². The van der Waals surface area contributed by atoms with Gasteiger partial charge in [0.25, 0.3) is 0 Å². The maximum absolute atomic E-state index is 13.7. The molecule has 0 radical (unpaired) electrons. The van der Waals surface area contributed by atoms with Gasteiger partial charge >= 0.3 is 0 Å². The number of rotatable bonds is 4. The predicted octanol–water partition coefficient (Wildman–Crippen LogP) is 6.01. The molecule has 1 aromatic heterocycles. The van der Waals surface area contributed by atoms with Gasteiger partial charge in [-0.2, -0.15) is 0 Å². The molecule has 1 amide bonds. The number of hydrogen-bond acceptors (Lipinski definition) is 1. The van der Waals surface area contributed by atoms with Crippen LogP contribution < -0.4 is 0 Å². The molecule has 1 saturated heterocycles. The quantitative estimate of drug-likeness (QED) is 0.568. The Bertz CT molecular complexity index is 1030. The molecule has 3 aromatic rings. The molecule has 1 aliphatic carbocycles. The molecule has 2 aromatic carbocycles. The van der Waals surface area contributed by atoms with Gasteiger partial charge in [-0.15, -0.1) is 0 Å². The van der Waals surface area contributed by atoms with Gasteiger partial charge in [-0.1, -0.05) is 43.2 Å². The maximum Gasteiger partial charge on any atom is 0.223 e. The second-order valence-electron chi connectivity index (χ2n) is 8.94. The number of nitrogens with one attached hydrogen (secondary N) is 1. The Morgan fingerprint density at radius 2 is 1.87 bits per heavy atom. The molecular weight excluding hydrogens is 375 g/mol. The molecule has 3 nitrogen and oxygen atoms in total. The van der Waals surface area contributed by atoms with Crippen LogP contribution in [0.5, 0.6) is 0 Å². The minimum Gasteiger partial charge on any atom is -0.361 e. The van der Waals surface area contributed by atoms with Crippen molar-refractivity contribution in [1.82, 2.24) is 9.88 Å². The van der Waals surface area contributed by atoms with Crippen molar-refractivity contribution < 1.29 is 9.18 Å². The van der Waals surface area contributed by atoms with Gasteiger partial charge in [0.1, 0.15) is 5.82 Å². The minimum absolute atomic E-state index is 0.0399. The first-order valence-electron chi connectivity index (χ1n) is 11.3. The number of aromatic amines is 1. The average Bonchev–Trinajstić information content (AvgIpc) is 3.20. The normalized spacial score (nSPS) is 22.6. The number of hydrogen-bond donors (Lipinski definition) is 1. The Kier molecular flexibility index (Phi) is 5.32. The monoisotopic (exact) mass is 404 g/mol. The molecule has 0 spiro atoms. The molecule has 1 aliphatic heterocycles. The van der Waals surface area contributed by atoms with Crippen molar-refractivity contribution >= 4 is 16.8 Å². The highest BCUT2D eigenvalue weighted by Crippen LogP contribution is 2.38. The van der Waals surface area contributed by atoms with E-state index in [0.717, 1.165) is 41.4 Å². The Morgan fingerprint density at radius 3 is 2.73 bits per heavy atom. The third-order valence-electron chi connectivity index (χ3n) is 7.20. The zero-order chi connectivity index (χ0) is 20.5. The molecule has 5 rings (SSSR count). The van der Waals surface area contributed by atoms with E-state index in [1.807, 2.05) is 30.5 Å². The number of H-pyrrole nitrogens is 1. The van der Waals surface area contributed by atoms with Gasteiger partial charge in [0, 0.05) is 42.0 Å². The topological polar surface area (TPSA) is 36.1 Å². The average molecular weight is 405 g/mol. The van der Waals surface area contributed by atoms with Gasteiger partial charge in [0.15, 0.2) is 0 Å². The Hall–Kier alpha value is -2.62. The molecule has 2 aliphatic rings. The predicted molar refractivity (Wildman–Crippen MR) is 118 cm³/mol. The van der Waals surface area contributed by atoms with Crippen LogP contribution in [-0.4, -0.2) is 28.4 Å². The van der Waals surface area contributed by atoms with E-state index < -0.39 is 0 Å². The number of carbonyl (C=O) groups is 1. The number of amides is 1. The summed E-state index contributed by atoms with van der Waals surface area (Å²) >= 11 is 0. The van der Waals surface area contributed by atoms with Crippen LogP contribution in [0.25, 0.3) is 10.9 Å². The minimum atomic E-state index is -0.250. The van der Waals surface area contributed by atoms with Crippen LogP contribution in [0.15, 0.2) is 54.7 Å². The number of benzene rings is 2. The third kappa shape index (κ3) is 3.64. The van der Waals surface area contributed by atoms with Crippen molar-refractivity contribution in [3.05, 3.63) is 71.7 Å². The molecule has 2 heterocycles. The molecule has 30 heavy (non-hydrogen) atoms. The molecule has 0 bridgehead atoms.